The summed E-state index contributed by atoms with van der Waals surface area (Å²) in [7, 11) is 0. The second kappa shape index (κ2) is 22.6. The Morgan fingerprint density at radius 1 is 0.230 bits per heavy atom. The van der Waals surface area contributed by atoms with E-state index in [1.165, 1.54) is 199 Å². The fourth-order valence-corrected chi connectivity index (χ4v) is 18.4. The lowest BCUT2D eigenvalue weighted by Crippen LogP contribution is -2.58. The van der Waals surface area contributed by atoms with Gasteiger partial charge in [0.2, 0.25) is 0 Å². The molecule has 61 heavy (non-hydrogen) atoms. The molecule has 0 aromatic rings. The summed E-state index contributed by atoms with van der Waals surface area (Å²) in [5, 5.41) is 0. The minimum absolute atomic E-state index is 0.861. The van der Waals surface area contributed by atoms with Crippen LogP contribution in [0.5, 0.6) is 0 Å². The van der Waals surface area contributed by atoms with Gasteiger partial charge in [-0.1, -0.05) is 136 Å². The minimum atomic E-state index is 0.861. The molecule has 9 saturated carbocycles. The van der Waals surface area contributed by atoms with Crippen molar-refractivity contribution in [3.05, 3.63) is 0 Å². The average molecular weight is 842 g/mol. The Balaban J connectivity index is 0.911. The van der Waals surface area contributed by atoms with Crippen molar-refractivity contribution in [3.63, 3.8) is 0 Å². The van der Waals surface area contributed by atoms with E-state index in [4.69, 9.17) is 0 Å². The van der Waals surface area contributed by atoms with Gasteiger partial charge in [-0.2, -0.15) is 0 Å². The molecule has 0 radical (unpaired) electrons. The molecule has 7 atom stereocenters. The molecular weight excluding hydrogens is 739 g/mol. The first kappa shape index (κ1) is 46.0. The smallest absolute Gasteiger partial charge is 0.0104 e. The normalized spacial score (nSPS) is 41.6. The first-order chi connectivity index (χ1) is 30.0. The van der Waals surface area contributed by atoms with E-state index in [1.807, 2.05) is 0 Å². The van der Waals surface area contributed by atoms with Crippen LogP contribution in [0.3, 0.4) is 0 Å². The molecule has 0 amide bonds. The van der Waals surface area contributed by atoms with E-state index in [1.54, 1.807) is 51.4 Å². The first-order valence-corrected chi connectivity index (χ1v) is 29.3. The van der Waals surface area contributed by atoms with Gasteiger partial charge in [0.15, 0.2) is 0 Å². The first-order valence-electron chi connectivity index (χ1n) is 29.3. The zero-order valence-corrected chi connectivity index (χ0v) is 41.2. The predicted octanol–water partition coefficient (Wildman–Crippen LogP) is 15.9. The lowest BCUT2D eigenvalue weighted by molar-refractivity contribution is -0.0429. The minimum Gasteiger partial charge on any atom is -0.294 e. The van der Waals surface area contributed by atoms with Crippen LogP contribution in [0.2, 0.25) is 0 Å². The Bertz CT molecular complexity index is 1090. The summed E-state index contributed by atoms with van der Waals surface area (Å²) in [5.74, 6) is 7.07. The van der Waals surface area contributed by atoms with Crippen LogP contribution >= 0.6 is 0 Å². The van der Waals surface area contributed by atoms with Crippen LogP contribution in [0.15, 0.2) is 0 Å². The highest BCUT2D eigenvalue weighted by atomic mass is 15.3. The standard InChI is InChI=1S/C58H103N3/c1-43-16-13-21-48(40-43)58(46-19-7-4-8-20-46)47-28-30-51(31-29-47)59(52-32-36-54(37-33-52)60(49-22-9-5-10-23-49)56-26-14-17-44(2)41-56)53-34-38-55(39-35-53)61(50-24-11-6-12-25-50)57-27-15-18-45(3)42-57/h43-58H,4-42H2,1-3H3. The van der Waals surface area contributed by atoms with Crippen molar-refractivity contribution in [2.24, 2.45) is 41.4 Å². The fraction of sp³-hybridized carbons (Fsp3) is 1.00. The van der Waals surface area contributed by atoms with Crippen LogP contribution in [0.1, 0.15) is 271 Å². The molecule has 9 aliphatic carbocycles. The highest BCUT2D eigenvalue weighted by Crippen LogP contribution is 2.50. The highest BCUT2D eigenvalue weighted by Gasteiger charge is 2.46. The van der Waals surface area contributed by atoms with Crippen molar-refractivity contribution in [2.45, 2.75) is 326 Å². The van der Waals surface area contributed by atoms with Crippen molar-refractivity contribution < 1.29 is 0 Å². The van der Waals surface area contributed by atoms with Gasteiger partial charge < -0.3 is 0 Å². The molecule has 7 unspecified atom stereocenters. The van der Waals surface area contributed by atoms with E-state index in [0.29, 0.717) is 0 Å². The fourth-order valence-electron chi connectivity index (χ4n) is 18.4. The third-order valence-electron chi connectivity index (χ3n) is 21.1. The van der Waals surface area contributed by atoms with Crippen molar-refractivity contribution in [3.8, 4) is 0 Å². The Morgan fingerprint density at radius 3 is 0.902 bits per heavy atom. The summed E-state index contributed by atoms with van der Waals surface area (Å²) in [6.45, 7) is 7.78. The van der Waals surface area contributed by atoms with E-state index in [9.17, 15) is 0 Å². The maximum Gasteiger partial charge on any atom is 0.0104 e. The van der Waals surface area contributed by atoms with E-state index in [-0.39, 0.29) is 0 Å². The van der Waals surface area contributed by atoms with Gasteiger partial charge in [0.25, 0.3) is 0 Å². The monoisotopic (exact) mass is 842 g/mol. The lowest BCUT2D eigenvalue weighted by Gasteiger charge is -2.54. The average Bonchev–Trinajstić information content (AvgIpc) is 3.30. The van der Waals surface area contributed by atoms with Crippen LogP contribution in [-0.2, 0) is 0 Å². The van der Waals surface area contributed by atoms with Crippen molar-refractivity contribution in [1.29, 1.82) is 0 Å². The maximum atomic E-state index is 3.40. The molecule has 0 aromatic carbocycles. The maximum absolute atomic E-state index is 3.40. The van der Waals surface area contributed by atoms with Gasteiger partial charge in [0, 0.05) is 54.4 Å². The summed E-state index contributed by atoms with van der Waals surface area (Å²) in [6.07, 6.45) is 59.1. The van der Waals surface area contributed by atoms with Crippen LogP contribution in [0.25, 0.3) is 0 Å². The predicted molar refractivity (Wildman–Crippen MR) is 261 cm³/mol. The Hall–Kier alpha value is -0.120. The van der Waals surface area contributed by atoms with E-state index in [2.05, 4.69) is 35.5 Å². The molecular formula is C58H103N3. The summed E-state index contributed by atoms with van der Waals surface area (Å²) < 4.78 is 0. The van der Waals surface area contributed by atoms with Crippen molar-refractivity contribution in [2.75, 3.05) is 0 Å². The summed E-state index contributed by atoms with van der Waals surface area (Å²) in [4.78, 5) is 9.95. The molecule has 0 aliphatic heterocycles. The number of hydrogen-bond acceptors (Lipinski definition) is 3. The van der Waals surface area contributed by atoms with Gasteiger partial charge in [-0.25, -0.2) is 0 Å². The van der Waals surface area contributed by atoms with Crippen LogP contribution in [0, 0.1) is 41.4 Å². The van der Waals surface area contributed by atoms with Gasteiger partial charge >= 0.3 is 0 Å². The zero-order valence-electron chi connectivity index (χ0n) is 41.2. The van der Waals surface area contributed by atoms with Gasteiger partial charge in [-0.3, -0.25) is 14.7 Å². The molecule has 9 aliphatic rings. The molecule has 9 fully saturated rings. The quantitative estimate of drug-likeness (QED) is 0.194. The lowest BCUT2D eigenvalue weighted by atomic mass is 9.60. The van der Waals surface area contributed by atoms with Gasteiger partial charge in [-0.05, 0) is 176 Å². The molecule has 0 saturated heterocycles. The number of rotatable bonds is 12. The van der Waals surface area contributed by atoms with E-state index in [0.717, 1.165) is 95.8 Å². The summed E-state index contributed by atoms with van der Waals surface area (Å²) >= 11 is 0. The zero-order chi connectivity index (χ0) is 41.5. The molecule has 0 bridgehead atoms. The van der Waals surface area contributed by atoms with Crippen molar-refractivity contribution >= 4 is 0 Å². The van der Waals surface area contributed by atoms with Gasteiger partial charge in [-0.15, -0.1) is 0 Å². The number of hydrogen-bond donors (Lipinski definition) is 0. The van der Waals surface area contributed by atoms with Gasteiger partial charge in [0.05, 0.1) is 0 Å². The topological polar surface area (TPSA) is 9.72 Å². The van der Waals surface area contributed by atoms with Crippen LogP contribution < -0.4 is 0 Å². The molecule has 0 aromatic heterocycles. The Labute approximate surface area is 380 Å². The molecule has 3 nitrogen and oxygen atoms in total. The van der Waals surface area contributed by atoms with Gasteiger partial charge in [0.1, 0.15) is 0 Å². The second-order valence-electron chi connectivity index (χ2n) is 25.3. The Kier molecular flexibility index (Phi) is 17.0. The SMILES string of the molecule is CC1CCCC(C(C2CCCCC2)C2CCC(N(C3CCC(N(C4CCCCC4)C4CCCC(C)C4)CC3)C3CCC(N(C4CCCCC4)C4CCCC(C)C4)CC3)CC2)C1. The van der Waals surface area contributed by atoms with E-state index >= 15 is 0 Å². The molecule has 350 valence electrons. The summed E-state index contributed by atoms with van der Waals surface area (Å²) in [6, 6.07) is 7.92. The third kappa shape index (κ3) is 11.5. The second-order valence-corrected chi connectivity index (χ2v) is 25.3. The molecule has 0 N–H and O–H groups in total. The highest BCUT2D eigenvalue weighted by molar-refractivity contribution is 5.00. The largest absolute Gasteiger partial charge is 0.294 e. The Morgan fingerprint density at radius 2 is 0.508 bits per heavy atom. The van der Waals surface area contributed by atoms with Crippen LogP contribution in [-0.4, -0.2) is 69.1 Å². The van der Waals surface area contributed by atoms with Crippen LogP contribution in [0.4, 0.5) is 0 Å². The van der Waals surface area contributed by atoms with Crippen molar-refractivity contribution in [1.82, 2.24) is 14.7 Å². The molecule has 0 spiro atoms. The summed E-state index contributed by atoms with van der Waals surface area (Å²) in [5.41, 5.74) is 0. The van der Waals surface area contributed by atoms with E-state index < -0.39 is 0 Å². The number of nitrogens with zero attached hydrogens (tertiary/aromatic N) is 3. The molecule has 3 heteroatoms. The third-order valence-corrected chi connectivity index (χ3v) is 21.1. The molecule has 0 heterocycles. The molecule has 9 rings (SSSR count).